The monoisotopic (exact) mass is 369 g/mol. The molecule has 3 aromatic rings. The maximum Gasteiger partial charge on any atom is 0.162 e. The van der Waals surface area contributed by atoms with E-state index in [9.17, 15) is 0 Å². The van der Waals surface area contributed by atoms with E-state index < -0.39 is 0 Å². The number of rotatable bonds is 3. The fraction of sp³-hybridized carbons (Fsp3) is 0.333. The fourth-order valence-corrected chi connectivity index (χ4v) is 3.36. The first-order valence-corrected chi connectivity index (χ1v) is 8.92. The topological polar surface area (TPSA) is 70.1 Å². The lowest BCUT2D eigenvalue weighted by molar-refractivity contribution is 0.586. The molecule has 134 valence electrons. The summed E-state index contributed by atoms with van der Waals surface area (Å²) in [5.74, 6) is 2.29. The molecule has 4 rings (SSSR count). The zero-order valence-electron chi connectivity index (χ0n) is 14.8. The minimum absolute atomic E-state index is 0.570. The highest BCUT2D eigenvalue weighted by atomic mass is 35.5. The van der Waals surface area contributed by atoms with Gasteiger partial charge in [0, 0.05) is 64.4 Å². The van der Waals surface area contributed by atoms with Crippen LogP contribution in [0.15, 0.2) is 30.7 Å². The van der Waals surface area contributed by atoms with Crippen LogP contribution in [0.2, 0.25) is 5.02 Å². The van der Waals surface area contributed by atoms with Crippen molar-refractivity contribution in [2.75, 3.05) is 50.1 Å². The summed E-state index contributed by atoms with van der Waals surface area (Å²) >= 11 is 6.54. The van der Waals surface area contributed by atoms with Crippen molar-refractivity contribution in [2.45, 2.75) is 0 Å². The Morgan fingerprint density at radius 2 is 1.85 bits per heavy atom. The molecule has 3 aromatic heterocycles. The van der Waals surface area contributed by atoms with Crippen LogP contribution in [0.1, 0.15) is 0 Å². The van der Waals surface area contributed by atoms with E-state index in [0.29, 0.717) is 10.8 Å². The summed E-state index contributed by atoms with van der Waals surface area (Å²) in [5, 5.41) is 4.80. The summed E-state index contributed by atoms with van der Waals surface area (Å²) < 4.78 is 0. The SMILES string of the molecule is CN(C)c1ncc(Cl)c2c(N3CCNCC3)nc(-c3ccncc3)nc12. The van der Waals surface area contributed by atoms with Crippen LogP contribution in [0.5, 0.6) is 0 Å². The molecule has 1 saturated heterocycles. The molecule has 8 heteroatoms. The number of nitrogens with one attached hydrogen (secondary N) is 1. The first-order chi connectivity index (χ1) is 12.6. The Labute approximate surface area is 157 Å². The number of nitrogens with zero attached hydrogens (tertiary/aromatic N) is 6. The highest BCUT2D eigenvalue weighted by molar-refractivity contribution is 6.36. The molecule has 0 unspecified atom stereocenters. The molecule has 1 aliphatic heterocycles. The van der Waals surface area contributed by atoms with Crippen LogP contribution in [-0.2, 0) is 0 Å². The van der Waals surface area contributed by atoms with Crippen molar-refractivity contribution in [1.82, 2.24) is 25.3 Å². The molecule has 1 N–H and O–H groups in total. The van der Waals surface area contributed by atoms with Crippen molar-refractivity contribution in [3.8, 4) is 11.4 Å². The summed E-state index contributed by atoms with van der Waals surface area (Å²) in [6, 6.07) is 3.83. The number of piperazine rings is 1. The lowest BCUT2D eigenvalue weighted by atomic mass is 10.2. The molecule has 0 spiro atoms. The number of fused-ring (bicyclic) bond motifs is 1. The Kier molecular flexibility index (Phi) is 4.57. The normalized spacial score (nSPS) is 14.7. The molecule has 0 aromatic carbocycles. The zero-order valence-corrected chi connectivity index (χ0v) is 15.5. The number of hydrogen-bond donors (Lipinski definition) is 1. The molecule has 0 saturated carbocycles. The average Bonchev–Trinajstić information content (AvgIpc) is 2.68. The molecule has 0 aliphatic carbocycles. The summed E-state index contributed by atoms with van der Waals surface area (Å²) in [6.07, 6.45) is 5.17. The Hall–Kier alpha value is -2.51. The van der Waals surface area contributed by atoms with Crippen LogP contribution >= 0.6 is 11.6 Å². The third kappa shape index (κ3) is 3.04. The standard InChI is InChI=1S/C18H20ClN7/c1-25(2)18-15-14(13(19)11-22-18)17(26-9-7-21-8-10-26)24-16(23-15)12-3-5-20-6-4-12/h3-6,11,21H,7-10H2,1-2H3. The molecular weight excluding hydrogens is 350 g/mol. The van der Waals surface area contributed by atoms with Crippen LogP contribution in [0.4, 0.5) is 11.6 Å². The highest BCUT2D eigenvalue weighted by Gasteiger charge is 2.22. The van der Waals surface area contributed by atoms with Gasteiger partial charge in [-0.2, -0.15) is 0 Å². The van der Waals surface area contributed by atoms with Gasteiger partial charge >= 0.3 is 0 Å². The second-order valence-corrected chi connectivity index (χ2v) is 6.80. The van der Waals surface area contributed by atoms with Gasteiger partial charge < -0.3 is 15.1 Å². The number of halogens is 1. The Bertz CT molecular complexity index is 924. The average molecular weight is 370 g/mol. The van der Waals surface area contributed by atoms with Gasteiger partial charge in [-0.25, -0.2) is 15.0 Å². The molecule has 0 radical (unpaired) electrons. The minimum atomic E-state index is 0.570. The van der Waals surface area contributed by atoms with Gasteiger partial charge in [0.1, 0.15) is 11.3 Å². The van der Waals surface area contributed by atoms with Crippen molar-refractivity contribution in [2.24, 2.45) is 0 Å². The van der Waals surface area contributed by atoms with E-state index in [1.807, 2.05) is 31.1 Å². The summed E-state index contributed by atoms with van der Waals surface area (Å²) in [4.78, 5) is 22.5. The summed E-state index contributed by atoms with van der Waals surface area (Å²) in [5.41, 5.74) is 1.68. The fourth-order valence-electron chi connectivity index (χ4n) is 3.14. The molecule has 1 fully saturated rings. The molecule has 7 nitrogen and oxygen atoms in total. The quantitative estimate of drug-likeness (QED) is 0.759. The van der Waals surface area contributed by atoms with Gasteiger partial charge in [-0.15, -0.1) is 0 Å². The van der Waals surface area contributed by atoms with Crippen molar-refractivity contribution in [3.63, 3.8) is 0 Å². The number of aromatic nitrogens is 4. The zero-order chi connectivity index (χ0) is 18.1. The van der Waals surface area contributed by atoms with Crippen LogP contribution in [0.3, 0.4) is 0 Å². The molecule has 0 amide bonds. The van der Waals surface area contributed by atoms with E-state index in [4.69, 9.17) is 21.6 Å². The second kappa shape index (κ2) is 7.01. The van der Waals surface area contributed by atoms with Crippen molar-refractivity contribution in [1.29, 1.82) is 0 Å². The maximum atomic E-state index is 6.54. The van der Waals surface area contributed by atoms with Gasteiger partial charge in [-0.1, -0.05) is 11.6 Å². The number of pyridine rings is 2. The highest BCUT2D eigenvalue weighted by Crippen LogP contribution is 2.36. The predicted molar refractivity (Wildman–Crippen MR) is 105 cm³/mol. The third-order valence-corrected chi connectivity index (χ3v) is 4.71. The Morgan fingerprint density at radius 1 is 1.12 bits per heavy atom. The van der Waals surface area contributed by atoms with Gasteiger partial charge in [-0.05, 0) is 12.1 Å². The predicted octanol–water partition coefficient (Wildman–Crippen LogP) is 2.22. The lowest BCUT2D eigenvalue weighted by Gasteiger charge is -2.30. The minimum Gasteiger partial charge on any atom is -0.361 e. The number of anilines is 2. The second-order valence-electron chi connectivity index (χ2n) is 6.39. The van der Waals surface area contributed by atoms with Crippen molar-refractivity contribution in [3.05, 3.63) is 35.7 Å². The smallest absolute Gasteiger partial charge is 0.162 e. The molecule has 0 bridgehead atoms. The van der Waals surface area contributed by atoms with E-state index in [1.165, 1.54) is 0 Å². The van der Waals surface area contributed by atoms with Gasteiger partial charge in [-0.3, -0.25) is 4.98 Å². The molecule has 0 atom stereocenters. The van der Waals surface area contributed by atoms with Gasteiger partial charge in [0.25, 0.3) is 0 Å². The Balaban J connectivity index is 2.01. The van der Waals surface area contributed by atoms with Gasteiger partial charge in [0.05, 0.1) is 10.4 Å². The van der Waals surface area contributed by atoms with Crippen molar-refractivity contribution >= 4 is 34.1 Å². The summed E-state index contributed by atoms with van der Waals surface area (Å²) in [6.45, 7) is 3.58. The first kappa shape index (κ1) is 16.9. The van der Waals surface area contributed by atoms with Crippen LogP contribution in [0, 0.1) is 0 Å². The van der Waals surface area contributed by atoms with Crippen LogP contribution < -0.4 is 15.1 Å². The van der Waals surface area contributed by atoms with E-state index >= 15 is 0 Å². The van der Waals surface area contributed by atoms with Crippen molar-refractivity contribution < 1.29 is 0 Å². The van der Waals surface area contributed by atoms with Crippen LogP contribution in [0.25, 0.3) is 22.3 Å². The third-order valence-electron chi connectivity index (χ3n) is 4.42. The Morgan fingerprint density at radius 3 is 2.54 bits per heavy atom. The largest absolute Gasteiger partial charge is 0.361 e. The van der Waals surface area contributed by atoms with Gasteiger partial charge in [0.2, 0.25) is 0 Å². The van der Waals surface area contributed by atoms with E-state index in [-0.39, 0.29) is 0 Å². The molecule has 26 heavy (non-hydrogen) atoms. The van der Waals surface area contributed by atoms with Crippen LogP contribution in [-0.4, -0.2) is 60.2 Å². The van der Waals surface area contributed by atoms with E-state index in [1.54, 1.807) is 18.6 Å². The number of hydrogen-bond acceptors (Lipinski definition) is 7. The molecular formula is C18H20ClN7. The summed E-state index contributed by atoms with van der Waals surface area (Å²) in [7, 11) is 3.91. The van der Waals surface area contributed by atoms with Gasteiger partial charge in [0.15, 0.2) is 11.6 Å². The van der Waals surface area contributed by atoms with E-state index in [2.05, 4.69) is 20.2 Å². The molecule has 4 heterocycles. The van der Waals surface area contributed by atoms with E-state index in [0.717, 1.165) is 54.3 Å². The lowest BCUT2D eigenvalue weighted by Crippen LogP contribution is -2.44. The maximum absolute atomic E-state index is 6.54. The molecule has 1 aliphatic rings. The first-order valence-electron chi connectivity index (χ1n) is 8.55.